The van der Waals surface area contributed by atoms with Crippen molar-refractivity contribution in [1.82, 2.24) is 30.6 Å². The third-order valence-corrected chi connectivity index (χ3v) is 9.50. The van der Waals surface area contributed by atoms with Gasteiger partial charge in [0.1, 0.15) is 5.82 Å². The summed E-state index contributed by atoms with van der Waals surface area (Å²) in [7, 11) is 0. The zero-order chi connectivity index (χ0) is 29.4. The third-order valence-electron chi connectivity index (χ3n) is 9.50. The van der Waals surface area contributed by atoms with Gasteiger partial charge in [0.15, 0.2) is 0 Å². The summed E-state index contributed by atoms with van der Waals surface area (Å²) >= 11 is 0. The van der Waals surface area contributed by atoms with Crippen LogP contribution in [0.25, 0.3) is 22.1 Å². The maximum Gasteiger partial charge on any atom is 0.124 e. The number of rotatable bonds is 4. The van der Waals surface area contributed by atoms with Crippen molar-refractivity contribution in [3.05, 3.63) is 89.5 Å². The normalized spacial score (nSPS) is 22.4. The maximum absolute atomic E-state index is 4.92. The highest BCUT2D eigenvalue weighted by molar-refractivity contribution is 5.77. The van der Waals surface area contributed by atoms with Crippen LogP contribution in [0.4, 0.5) is 5.69 Å². The van der Waals surface area contributed by atoms with E-state index in [1.54, 1.807) is 6.33 Å². The van der Waals surface area contributed by atoms with Gasteiger partial charge in [-0.25, -0.2) is 9.97 Å². The number of aromatic nitrogens is 4. The predicted molar refractivity (Wildman–Crippen MR) is 177 cm³/mol. The molecule has 0 aliphatic carbocycles. The minimum atomic E-state index is 0.130. The first kappa shape index (κ1) is 28.1. The number of nitrogens with one attached hydrogen (secondary N) is 4. The third kappa shape index (κ3) is 5.80. The molecule has 3 aliphatic heterocycles. The lowest BCUT2D eigenvalue weighted by molar-refractivity contribution is 0.589. The summed E-state index contributed by atoms with van der Waals surface area (Å²) in [4.78, 5) is 18.9. The minimum absolute atomic E-state index is 0.130. The molecule has 3 fully saturated rings. The number of anilines is 1. The van der Waals surface area contributed by atoms with Gasteiger partial charge in [0.25, 0.3) is 0 Å². The Bertz CT molecular complexity index is 1660. The molecule has 224 valence electrons. The highest BCUT2D eigenvalue weighted by Gasteiger charge is 2.36. The van der Waals surface area contributed by atoms with Crippen LogP contribution in [0.1, 0.15) is 99.9 Å². The number of H-pyrrole nitrogens is 2. The number of benzene rings is 3. The molecule has 3 atom stereocenters. The van der Waals surface area contributed by atoms with Crippen molar-refractivity contribution in [2.24, 2.45) is 0 Å². The molecule has 0 amide bonds. The van der Waals surface area contributed by atoms with E-state index < -0.39 is 0 Å². The van der Waals surface area contributed by atoms with Crippen LogP contribution in [0.5, 0.6) is 0 Å². The van der Waals surface area contributed by atoms with E-state index in [0.717, 1.165) is 53.7 Å². The molecule has 0 bridgehead atoms. The van der Waals surface area contributed by atoms with Gasteiger partial charge >= 0.3 is 0 Å². The molecule has 4 N–H and O–H groups in total. The molecule has 0 spiro atoms. The molecule has 3 aromatic carbocycles. The maximum atomic E-state index is 4.92. The molecule has 3 aliphatic rings. The second-order valence-electron chi connectivity index (χ2n) is 13.5. The second kappa shape index (κ2) is 11.8. The zero-order valence-electron chi connectivity index (χ0n) is 25.8. The van der Waals surface area contributed by atoms with Crippen molar-refractivity contribution in [3.63, 3.8) is 0 Å². The average molecular weight is 576 g/mol. The molecule has 8 rings (SSSR count). The summed E-state index contributed by atoms with van der Waals surface area (Å²) in [6.45, 7) is 10.4. The standard InChI is InChI=1S/C32H36N6.C4H9N/c1-32(2,3)22-8-10-23(11-9-22)38-29(20-6-12-24-27(17-20)35-19-34-24)14-15-30(38)21-7-13-25-28(18-21)37-31(36-25)26-5-4-16-33-26;1-2-4-5-3-1/h6-13,17-19,26,29-30,33H,4-5,14-16H2,1-3H3,(H,34,35)(H,36,37);5H,1-4H2. The molecular formula is C36H45N7. The Morgan fingerprint density at radius 2 is 1.44 bits per heavy atom. The molecule has 0 saturated carbocycles. The number of aromatic amines is 2. The number of fused-ring (bicyclic) bond motifs is 2. The van der Waals surface area contributed by atoms with E-state index in [1.807, 2.05) is 0 Å². The summed E-state index contributed by atoms with van der Waals surface area (Å²) in [6.07, 6.45) is 9.12. The van der Waals surface area contributed by atoms with E-state index >= 15 is 0 Å². The molecule has 43 heavy (non-hydrogen) atoms. The molecule has 5 aromatic rings. The van der Waals surface area contributed by atoms with Crippen LogP contribution in [0.3, 0.4) is 0 Å². The van der Waals surface area contributed by atoms with Crippen molar-refractivity contribution >= 4 is 27.8 Å². The van der Waals surface area contributed by atoms with Gasteiger partial charge in [-0.2, -0.15) is 0 Å². The Balaban J connectivity index is 0.000000547. The summed E-state index contributed by atoms with van der Waals surface area (Å²) in [5, 5.41) is 6.80. The molecule has 2 aromatic heterocycles. The number of hydrogen-bond acceptors (Lipinski definition) is 5. The fourth-order valence-electron chi connectivity index (χ4n) is 7.08. The van der Waals surface area contributed by atoms with Gasteiger partial charge in [0.2, 0.25) is 0 Å². The SMILES string of the molecule is C1CCNC1.CC(C)(C)c1ccc(N2C(c3ccc4nc[nH]c4c3)CCC2c2ccc3nc(C4CCCN4)[nH]c3c2)cc1. The predicted octanol–water partition coefficient (Wildman–Crippen LogP) is 7.61. The highest BCUT2D eigenvalue weighted by atomic mass is 15.2. The average Bonchev–Trinajstić information content (AvgIpc) is 3.86. The summed E-state index contributed by atoms with van der Waals surface area (Å²) in [6, 6.07) is 23.7. The van der Waals surface area contributed by atoms with Crippen LogP contribution < -0.4 is 15.5 Å². The lowest BCUT2D eigenvalue weighted by atomic mass is 9.87. The van der Waals surface area contributed by atoms with E-state index in [9.17, 15) is 0 Å². The second-order valence-corrected chi connectivity index (χ2v) is 13.5. The molecule has 0 radical (unpaired) electrons. The fourth-order valence-corrected chi connectivity index (χ4v) is 7.08. The molecular weight excluding hydrogens is 530 g/mol. The fraction of sp³-hybridized carbons (Fsp3) is 0.444. The van der Waals surface area contributed by atoms with E-state index in [1.165, 1.54) is 54.7 Å². The van der Waals surface area contributed by atoms with Gasteiger partial charge in [-0.15, -0.1) is 0 Å². The Hall–Kier alpha value is -3.68. The summed E-state index contributed by atoms with van der Waals surface area (Å²) < 4.78 is 0. The smallest absolute Gasteiger partial charge is 0.124 e. The van der Waals surface area contributed by atoms with Crippen molar-refractivity contribution < 1.29 is 0 Å². The Morgan fingerprint density at radius 1 is 0.744 bits per heavy atom. The lowest BCUT2D eigenvalue weighted by Crippen LogP contribution is -2.26. The zero-order valence-corrected chi connectivity index (χ0v) is 25.8. The van der Waals surface area contributed by atoms with Crippen molar-refractivity contribution in [1.29, 1.82) is 0 Å². The van der Waals surface area contributed by atoms with Crippen LogP contribution in [0, 0.1) is 0 Å². The highest BCUT2D eigenvalue weighted by Crippen LogP contribution is 2.47. The van der Waals surface area contributed by atoms with E-state index in [-0.39, 0.29) is 5.41 Å². The van der Waals surface area contributed by atoms with Gasteiger partial charge in [0.05, 0.1) is 46.5 Å². The molecule has 5 heterocycles. The summed E-state index contributed by atoms with van der Waals surface area (Å²) in [5.74, 6) is 1.07. The molecule has 7 nitrogen and oxygen atoms in total. The number of nitrogens with zero attached hydrogens (tertiary/aromatic N) is 3. The Kier molecular flexibility index (Phi) is 7.70. The van der Waals surface area contributed by atoms with Gasteiger partial charge in [-0.05, 0) is 117 Å². The topological polar surface area (TPSA) is 84.7 Å². The van der Waals surface area contributed by atoms with Crippen molar-refractivity contribution in [2.45, 2.75) is 82.8 Å². The van der Waals surface area contributed by atoms with Crippen LogP contribution in [0.15, 0.2) is 67.0 Å². The van der Waals surface area contributed by atoms with Crippen molar-refractivity contribution in [3.8, 4) is 0 Å². The quantitative estimate of drug-likeness (QED) is 0.177. The first-order valence-electron chi connectivity index (χ1n) is 16.2. The molecule has 3 unspecified atom stereocenters. The van der Waals surface area contributed by atoms with Gasteiger partial charge in [0, 0.05) is 5.69 Å². The van der Waals surface area contributed by atoms with Crippen LogP contribution in [0.2, 0.25) is 0 Å². The molecule has 7 heteroatoms. The van der Waals surface area contributed by atoms with Crippen molar-refractivity contribution in [2.75, 3.05) is 24.5 Å². The Labute approximate surface area is 254 Å². The van der Waals surface area contributed by atoms with E-state index in [2.05, 4.69) is 112 Å². The minimum Gasteiger partial charge on any atom is -0.357 e. The number of imidazole rings is 2. The Morgan fingerprint density at radius 3 is 2.07 bits per heavy atom. The van der Waals surface area contributed by atoms with E-state index in [0.29, 0.717) is 18.1 Å². The monoisotopic (exact) mass is 575 g/mol. The van der Waals surface area contributed by atoms with Gasteiger partial charge in [-0.1, -0.05) is 45.0 Å². The van der Waals surface area contributed by atoms with E-state index in [4.69, 9.17) is 4.98 Å². The van der Waals surface area contributed by atoms with Crippen LogP contribution in [-0.2, 0) is 5.41 Å². The van der Waals surface area contributed by atoms with Gasteiger partial charge < -0.3 is 25.5 Å². The molecule has 3 saturated heterocycles. The summed E-state index contributed by atoms with van der Waals surface area (Å²) in [5.41, 5.74) is 9.75. The largest absolute Gasteiger partial charge is 0.357 e. The van der Waals surface area contributed by atoms with Crippen LogP contribution in [-0.4, -0.2) is 39.6 Å². The van der Waals surface area contributed by atoms with Gasteiger partial charge in [-0.3, -0.25) is 0 Å². The van der Waals surface area contributed by atoms with Crippen LogP contribution >= 0.6 is 0 Å². The first-order valence-corrected chi connectivity index (χ1v) is 16.2. The lowest BCUT2D eigenvalue weighted by Gasteiger charge is -2.34. The first-order chi connectivity index (χ1) is 20.9. The number of hydrogen-bond donors (Lipinski definition) is 4.